The molecule has 2 rings (SSSR count). The van der Waals surface area contributed by atoms with Gasteiger partial charge in [0.05, 0.1) is 12.8 Å². The molecule has 1 aromatic carbocycles. The predicted octanol–water partition coefficient (Wildman–Crippen LogP) is 2.64. The van der Waals surface area contributed by atoms with Crippen LogP contribution in [-0.2, 0) is 0 Å². The molecule has 0 aliphatic rings. The molecule has 0 saturated carbocycles. The highest BCUT2D eigenvalue weighted by atomic mass is 35.5. The Bertz CT molecular complexity index is 585. The van der Waals surface area contributed by atoms with E-state index in [1.165, 1.54) is 18.4 Å². The van der Waals surface area contributed by atoms with Crippen LogP contribution in [-0.4, -0.2) is 18.0 Å². The summed E-state index contributed by atoms with van der Waals surface area (Å²) < 4.78 is 5.13. The van der Waals surface area contributed by atoms with E-state index in [0.717, 1.165) is 0 Å². The Morgan fingerprint density at radius 2 is 2.33 bits per heavy atom. The van der Waals surface area contributed by atoms with E-state index < -0.39 is 0 Å². The maximum Gasteiger partial charge on any atom is 0.275 e. The van der Waals surface area contributed by atoms with Crippen LogP contribution >= 0.6 is 22.9 Å². The van der Waals surface area contributed by atoms with Crippen molar-refractivity contribution in [3.8, 4) is 5.75 Å². The highest BCUT2D eigenvalue weighted by molar-refractivity contribution is 7.13. The number of nitrogen functional groups attached to an aromatic ring is 1. The van der Waals surface area contributed by atoms with Crippen LogP contribution in [0.5, 0.6) is 5.75 Å². The highest BCUT2D eigenvalue weighted by Crippen LogP contribution is 2.28. The Balaban J connectivity index is 2.23. The van der Waals surface area contributed by atoms with Gasteiger partial charge < -0.3 is 15.8 Å². The average Bonchev–Trinajstić information content (AvgIpc) is 2.76. The molecule has 7 heteroatoms. The zero-order valence-corrected chi connectivity index (χ0v) is 11.0. The largest absolute Gasteiger partial charge is 0.495 e. The van der Waals surface area contributed by atoms with Gasteiger partial charge in [0.2, 0.25) is 0 Å². The Labute approximate surface area is 113 Å². The van der Waals surface area contributed by atoms with Crippen LogP contribution in [0.1, 0.15) is 10.5 Å². The molecular formula is C11H10ClN3O2S. The first-order chi connectivity index (χ1) is 8.60. The van der Waals surface area contributed by atoms with Gasteiger partial charge in [0.15, 0.2) is 5.13 Å². The monoisotopic (exact) mass is 283 g/mol. The van der Waals surface area contributed by atoms with E-state index in [1.807, 2.05) is 0 Å². The molecule has 0 aliphatic heterocycles. The molecule has 0 atom stereocenters. The Morgan fingerprint density at radius 1 is 1.56 bits per heavy atom. The number of methoxy groups -OCH3 is 1. The van der Waals surface area contributed by atoms with E-state index in [2.05, 4.69) is 10.3 Å². The molecule has 3 N–H and O–H groups in total. The van der Waals surface area contributed by atoms with Crippen molar-refractivity contribution in [1.29, 1.82) is 0 Å². The second kappa shape index (κ2) is 5.24. The molecule has 0 aliphatic carbocycles. The van der Waals surface area contributed by atoms with Crippen molar-refractivity contribution >= 4 is 39.7 Å². The van der Waals surface area contributed by atoms with E-state index in [0.29, 0.717) is 21.6 Å². The van der Waals surface area contributed by atoms with Gasteiger partial charge in [-0.3, -0.25) is 4.79 Å². The lowest BCUT2D eigenvalue weighted by Crippen LogP contribution is -2.13. The van der Waals surface area contributed by atoms with Gasteiger partial charge in [0, 0.05) is 10.4 Å². The number of aromatic nitrogens is 1. The maximum absolute atomic E-state index is 11.9. The fraction of sp³-hybridized carbons (Fsp3) is 0.0909. The summed E-state index contributed by atoms with van der Waals surface area (Å²) in [4.78, 5) is 15.8. The average molecular weight is 284 g/mol. The summed E-state index contributed by atoms with van der Waals surface area (Å²) >= 11 is 7.07. The predicted molar refractivity (Wildman–Crippen MR) is 72.5 cm³/mol. The molecule has 1 heterocycles. The zero-order valence-electron chi connectivity index (χ0n) is 9.44. The quantitative estimate of drug-likeness (QED) is 0.908. The third kappa shape index (κ3) is 2.72. The minimum atomic E-state index is -0.358. The van der Waals surface area contributed by atoms with Crippen molar-refractivity contribution in [3.05, 3.63) is 34.3 Å². The summed E-state index contributed by atoms with van der Waals surface area (Å²) in [6.07, 6.45) is 0. The number of hydrogen-bond acceptors (Lipinski definition) is 5. The van der Waals surface area contributed by atoms with E-state index in [4.69, 9.17) is 22.1 Å². The summed E-state index contributed by atoms with van der Waals surface area (Å²) in [7, 11) is 1.51. The molecule has 1 aromatic heterocycles. The van der Waals surface area contributed by atoms with Crippen molar-refractivity contribution in [3.63, 3.8) is 0 Å². The molecule has 2 aromatic rings. The fourth-order valence-electron chi connectivity index (χ4n) is 1.36. The van der Waals surface area contributed by atoms with Crippen molar-refractivity contribution < 1.29 is 9.53 Å². The van der Waals surface area contributed by atoms with Gasteiger partial charge in [-0.25, -0.2) is 4.98 Å². The molecule has 0 radical (unpaired) electrons. The lowest BCUT2D eigenvalue weighted by Gasteiger charge is -2.09. The summed E-state index contributed by atoms with van der Waals surface area (Å²) in [5, 5.41) is 5.11. The standard InChI is InChI=1S/C11H10ClN3O2S/c1-17-9-3-2-6(12)4-7(9)14-10(16)8-5-18-11(13)15-8/h2-5H,1H3,(H2,13,15)(H,14,16). The maximum atomic E-state index is 11.9. The van der Waals surface area contributed by atoms with Crippen molar-refractivity contribution in [2.24, 2.45) is 0 Å². The molecule has 94 valence electrons. The molecule has 18 heavy (non-hydrogen) atoms. The number of nitrogens with two attached hydrogens (primary N) is 1. The first-order valence-corrected chi connectivity index (χ1v) is 6.22. The first kappa shape index (κ1) is 12.7. The number of carbonyl (C=O) groups excluding carboxylic acids is 1. The molecular weight excluding hydrogens is 274 g/mol. The summed E-state index contributed by atoms with van der Waals surface area (Å²) in [5.41, 5.74) is 6.22. The Morgan fingerprint density at radius 3 is 2.94 bits per heavy atom. The number of amides is 1. The molecule has 0 unspecified atom stereocenters. The van der Waals surface area contributed by atoms with Gasteiger partial charge in [-0.2, -0.15) is 0 Å². The number of anilines is 2. The van der Waals surface area contributed by atoms with E-state index in [9.17, 15) is 4.79 Å². The van der Waals surface area contributed by atoms with Gasteiger partial charge in [-0.15, -0.1) is 11.3 Å². The van der Waals surface area contributed by atoms with Crippen LogP contribution in [0.15, 0.2) is 23.6 Å². The number of thiazole rings is 1. The van der Waals surface area contributed by atoms with Crippen LogP contribution < -0.4 is 15.8 Å². The number of hydrogen-bond donors (Lipinski definition) is 2. The van der Waals surface area contributed by atoms with Crippen LogP contribution in [0.3, 0.4) is 0 Å². The van der Waals surface area contributed by atoms with Gasteiger partial charge in [0.25, 0.3) is 5.91 Å². The number of nitrogens with zero attached hydrogens (tertiary/aromatic N) is 1. The van der Waals surface area contributed by atoms with Gasteiger partial charge in [-0.05, 0) is 18.2 Å². The van der Waals surface area contributed by atoms with Gasteiger partial charge in [-0.1, -0.05) is 11.6 Å². The Kier molecular flexibility index (Phi) is 3.69. The smallest absolute Gasteiger partial charge is 0.275 e. The van der Waals surface area contributed by atoms with Crippen LogP contribution in [0.2, 0.25) is 5.02 Å². The lowest BCUT2D eigenvalue weighted by molar-refractivity contribution is 0.102. The van der Waals surface area contributed by atoms with Crippen LogP contribution in [0.4, 0.5) is 10.8 Å². The molecule has 0 saturated heterocycles. The molecule has 5 nitrogen and oxygen atoms in total. The minimum Gasteiger partial charge on any atom is -0.495 e. The third-order valence-corrected chi connectivity index (χ3v) is 3.07. The number of carbonyl (C=O) groups is 1. The van der Waals surface area contributed by atoms with Crippen molar-refractivity contribution in [2.45, 2.75) is 0 Å². The second-order valence-electron chi connectivity index (χ2n) is 3.37. The summed E-state index contributed by atoms with van der Waals surface area (Å²) in [6.45, 7) is 0. The normalized spacial score (nSPS) is 10.1. The fourth-order valence-corrected chi connectivity index (χ4v) is 2.07. The van der Waals surface area contributed by atoms with Crippen LogP contribution in [0.25, 0.3) is 0 Å². The molecule has 0 bridgehead atoms. The number of benzene rings is 1. The van der Waals surface area contributed by atoms with E-state index in [-0.39, 0.29) is 11.6 Å². The Hall–Kier alpha value is -1.79. The molecule has 0 spiro atoms. The summed E-state index contributed by atoms with van der Waals surface area (Å²) in [6, 6.07) is 4.96. The summed E-state index contributed by atoms with van der Waals surface area (Å²) in [5.74, 6) is 0.166. The number of nitrogens with one attached hydrogen (secondary N) is 1. The minimum absolute atomic E-state index is 0.263. The third-order valence-electron chi connectivity index (χ3n) is 2.16. The van der Waals surface area contributed by atoms with Crippen LogP contribution in [0, 0.1) is 0 Å². The molecule has 1 amide bonds. The number of halogens is 1. The van der Waals surface area contributed by atoms with E-state index >= 15 is 0 Å². The zero-order chi connectivity index (χ0) is 13.1. The lowest BCUT2D eigenvalue weighted by atomic mass is 10.3. The molecule has 0 fully saturated rings. The van der Waals surface area contributed by atoms with Crippen molar-refractivity contribution in [1.82, 2.24) is 4.98 Å². The number of rotatable bonds is 3. The first-order valence-electron chi connectivity index (χ1n) is 4.96. The highest BCUT2D eigenvalue weighted by Gasteiger charge is 2.12. The van der Waals surface area contributed by atoms with Crippen molar-refractivity contribution in [2.75, 3.05) is 18.2 Å². The van der Waals surface area contributed by atoms with Gasteiger partial charge in [0.1, 0.15) is 11.4 Å². The SMILES string of the molecule is COc1ccc(Cl)cc1NC(=O)c1csc(N)n1. The second-order valence-corrected chi connectivity index (χ2v) is 4.70. The van der Waals surface area contributed by atoms with Gasteiger partial charge >= 0.3 is 0 Å². The number of ether oxygens (including phenoxy) is 1. The van der Waals surface area contributed by atoms with E-state index in [1.54, 1.807) is 23.6 Å². The topological polar surface area (TPSA) is 77.2 Å².